The number of rotatable bonds is 2. The molecule has 0 amide bonds. The third kappa shape index (κ3) is 1.88. The summed E-state index contributed by atoms with van der Waals surface area (Å²) >= 11 is 0. The van der Waals surface area contributed by atoms with E-state index in [4.69, 9.17) is 0 Å². The van der Waals surface area contributed by atoms with Crippen LogP contribution in [0.1, 0.15) is 11.1 Å². The maximum Gasteiger partial charge on any atom is 0.328 e. The van der Waals surface area contributed by atoms with Crippen molar-refractivity contribution in [1.29, 1.82) is 0 Å². The summed E-state index contributed by atoms with van der Waals surface area (Å²) in [6.45, 7) is 1.97. The molecule has 0 unspecified atom stereocenters. The highest BCUT2D eigenvalue weighted by atomic mass is 16.5. The van der Waals surface area contributed by atoms with Crippen LogP contribution >= 0.6 is 0 Å². The van der Waals surface area contributed by atoms with Gasteiger partial charge in [0.15, 0.2) is 0 Å². The summed E-state index contributed by atoms with van der Waals surface area (Å²) < 4.78 is 6.04. The van der Waals surface area contributed by atoms with Crippen LogP contribution in [0.5, 0.6) is 0 Å². The fraction of sp³-hybridized carbons (Fsp3) is 0.222. The van der Waals surface area contributed by atoms with Crippen molar-refractivity contribution in [2.45, 2.75) is 13.5 Å². The molecule has 1 N–H and O–H groups in total. The monoisotopic (exact) mass is 207 g/mol. The molecule has 2 heterocycles. The van der Waals surface area contributed by atoms with Crippen molar-refractivity contribution in [3.63, 3.8) is 0 Å². The minimum atomic E-state index is -0.438. The van der Waals surface area contributed by atoms with E-state index in [1.807, 2.05) is 0 Å². The lowest BCUT2D eigenvalue weighted by Crippen LogP contribution is -2.30. The predicted molar refractivity (Wildman–Crippen MR) is 51.7 cm³/mol. The van der Waals surface area contributed by atoms with Gasteiger partial charge in [0.1, 0.15) is 6.26 Å². The molecule has 6 heteroatoms. The molecule has 2 rings (SSSR count). The van der Waals surface area contributed by atoms with Crippen molar-refractivity contribution in [2.75, 3.05) is 0 Å². The number of hydrogen-bond donors (Lipinski definition) is 1. The molecule has 0 aliphatic rings. The van der Waals surface area contributed by atoms with Gasteiger partial charge in [-0.1, -0.05) is 5.16 Å². The molecule has 0 radical (unpaired) electrons. The van der Waals surface area contributed by atoms with E-state index in [1.165, 1.54) is 23.2 Å². The Balaban J connectivity index is 2.42. The number of nitrogens with one attached hydrogen (secondary N) is 1. The quantitative estimate of drug-likeness (QED) is 0.744. The van der Waals surface area contributed by atoms with Crippen LogP contribution < -0.4 is 11.2 Å². The highest BCUT2D eigenvalue weighted by molar-refractivity contribution is 5.05. The molecule has 0 spiro atoms. The molecule has 0 aliphatic heterocycles. The van der Waals surface area contributed by atoms with Gasteiger partial charge in [-0.3, -0.25) is 14.3 Å². The van der Waals surface area contributed by atoms with Crippen LogP contribution in [0.2, 0.25) is 0 Å². The third-order valence-electron chi connectivity index (χ3n) is 2.03. The van der Waals surface area contributed by atoms with E-state index in [2.05, 4.69) is 14.7 Å². The highest BCUT2D eigenvalue weighted by Crippen LogP contribution is 1.98. The first-order chi connectivity index (χ1) is 7.16. The van der Waals surface area contributed by atoms with Crippen LogP contribution in [-0.2, 0) is 6.54 Å². The van der Waals surface area contributed by atoms with Gasteiger partial charge in [-0.05, 0) is 6.92 Å². The van der Waals surface area contributed by atoms with Gasteiger partial charge in [0.05, 0.1) is 12.7 Å². The third-order valence-corrected chi connectivity index (χ3v) is 2.03. The zero-order valence-electron chi connectivity index (χ0n) is 8.06. The largest absolute Gasteiger partial charge is 0.364 e. The Kier molecular flexibility index (Phi) is 2.24. The lowest BCUT2D eigenvalue weighted by Gasteiger charge is -2.02. The minimum Gasteiger partial charge on any atom is -0.364 e. The van der Waals surface area contributed by atoms with Crippen molar-refractivity contribution in [2.24, 2.45) is 0 Å². The van der Waals surface area contributed by atoms with Gasteiger partial charge >= 0.3 is 5.69 Å². The molecule has 6 nitrogen and oxygen atoms in total. The molecular formula is C9H9N3O3. The summed E-state index contributed by atoms with van der Waals surface area (Å²) in [7, 11) is 0. The summed E-state index contributed by atoms with van der Waals surface area (Å²) in [4.78, 5) is 24.7. The van der Waals surface area contributed by atoms with Crippen LogP contribution in [0.3, 0.4) is 0 Å². The first kappa shape index (κ1) is 9.45. The maximum atomic E-state index is 11.4. The topological polar surface area (TPSA) is 80.9 Å². The fourth-order valence-electron chi connectivity index (χ4n) is 1.24. The highest BCUT2D eigenvalue weighted by Gasteiger charge is 2.02. The average Bonchev–Trinajstić information content (AvgIpc) is 2.67. The van der Waals surface area contributed by atoms with Crippen molar-refractivity contribution < 1.29 is 4.52 Å². The Bertz CT molecular complexity index is 565. The molecule has 0 fully saturated rings. The van der Waals surface area contributed by atoms with E-state index in [1.54, 1.807) is 6.92 Å². The Hall–Kier alpha value is -2.11. The summed E-state index contributed by atoms with van der Waals surface area (Å²) in [6.07, 6.45) is 4.48. The number of H-pyrrole nitrogens is 1. The van der Waals surface area contributed by atoms with Crippen LogP contribution in [0.25, 0.3) is 0 Å². The second-order valence-electron chi connectivity index (χ2n) is 3.23. The zero-order chi connectivity index (χ0) is 10.8. The number of aryl methyl sites for hydroxylation is 1. The molecule has 0 saturated carbocycles. The van der Waals surface area contributed by atoms with E-state index >= 15 is 0 Å². The Morgan fingerprint density at radius 2 is 2.33 bits per heavy atom. The minimum absolute atomic E-state index is 0.333. The number of nitrogens with zero attached hydrogens (tertiary/aromatic N) is 2. The fourth-order valence-corrected chi connectivity index (χ4v) is 1.24. The van der Waals surface area contributed by atoms with Gasteiger partial charge in [0.2, 0.25) is 0 Å². The summed E-state index contributed by atoms with van der Waals surface area (Å²) in [6, 6.07) is 0. The van der Waals surface area contributed by atoms with E-state index in [-0.39, 0.29) is 5.56 Å². The summed E-state index contributed by atoms with van der Waals surface area (Å²) in [5.41, 5.74) is 0.461. The van der Waals surface area contributed by atoms with Crippen LogP contribution in [0.15, 0.2) is 32.8 Å². The zero-order valence-corrected chi connectivity index (χ0v) is 8.06. The Morgan fingerprint density at radius 1 is 1.53 bits per heavy atom. The smallest absolute Gasteiger partial charge is 0.328 e. The first-order valence-corrected chi connectivity index (χ1v) is 4.35. The van der Waals surface area contributed by atoms with Gasteiger partial charge in [-0.15, -0.1) is 0 Å². The molecule has 78 valence electrons. The van der Waals surface area contributed by atoms with Crippen molar-refractivity contribution >= 4 is 0 Å². The van der Waals surface area contributed by atoms with Crippen LogP contribution in [0.4, 0.5) is 0 Å². The number of aromatic amines is 1. The lowest BCUT2D eigenvalue weighted by molar-refractivity contribution is 0.418. The summed E-state index contributed by atoms with van der Waals surface area (Å²) in [5.74, 6) is 0. The maximum absolute atomic E-state index is 11.4. The molecule has 0 aliphatic carbocycles. The van der Waals surface area contributed by atoms with Crippen molar-refractivity contribution in [3.8, 4) is 0 Å². The molecular weight excluding hydrogens is 198 g/mol. The molecule has 0 bridgehead atoms. The molecule has 0 atom stereocenters. The van der Waals surface area contributed by atoms with Crippen LogP contribution in [-0.4, -0.2) is 14.7 Å². The van der Waals surface area contributed by atoms with E-state index in [9.17, 15) is 9.59 Å². The van der Waals surface area contributed by atoms with E-state index in [0.717, 1.165) is 5.56 Å². The van der Waals surface area contributed by atoms with Gasteiger partial charge in [0.25, 0.3) is 5.56 Å². The second kappa shape index (κ2) is 3.56. The normalized spacial score (nSPS) is 10.5. The molecule has 0 saturated heterocycles. The van der Waals surface area contributed by atoms with Gasteiger partial charge in [-0.2, -0.15) is 0 Å². The van der Waals surface area contributed by atoms with Gasteiger partial charge in [0, 0.05) is 17.3 Å². The van der Waals surface area contributed by atoms with E-state index < -0.39 is 5.69 Å². The van der Waals surface area contributed by atoms with E-state index in [0.29, 0.717) is 12.1 Å². The number of aromatic nitrogens is 3. The molecule has 2 aromatic heterocycles. The Labute approximate surface area is 84.2 Å². The average molecular weight is 207 g/mol. The predicted octanol–water partition coefficient (Wildman–Crippen LogP) is -0.119. The Morgan fingerprint density at radius 3 is 3.00 bits per heavy atom. The second-order valence-corrected chi connectivity index (χ2v) is 3.23. The lowest BCUT2D eigenvalue weighted by atomic mass is 10.3. The van der Waals surface area contributed by atoms with Crippen molar-refractivity contribution in [3.05, 3.63) is 50.6 Å². The number of hydrogen-bond acceptors (Lipinski definition) is 4. The van der Waals surface area contributed by atoms with Gasteiger partial charge in [-0.25, -0.2) is 4.79 Å². The molecule has 2 aromatic rings. The van der Waals surface area contributed by atoms with Gasteiger partial charge < -0.3 is 4.52 Å². The standard InChI is InChI=1S/C9H9N3O3/c1-6-3-12(9(14)11-8(6)13)4-7-2-10-15-5-7/h2-3,5H,4H2,1H3,(H,11,13,14). The molecule has 0 aromatic carbocycles. The first-order valence-electron chi connectivity index (χ1n) is 4.35. The van der Waals surface area contributed by atoms with Crippen molar-refractivity contribution in [1.82, 2.24) is 14.7 Å². The molecule has 15 heavy (non-hydrogen) atoms. The van der Waals surface area contributed by atoms with Crippen LogP contribution in [0, 0.1) is 6.92 Å². The summed E-state index contributed by atoms with van der Waals surface area (Å²) in [5, 5.41) is 3.53. The SMILES string of the molecule is Cc1cn(Cc2cnoc2)c(=O)[nH]c1=O.